The number of hydrogen-bond donors (Lipinski definition) is 2. The van der Waals surface area contributed by atoms with Crippen LogP contribution in [0.2, 0.25) is 10.0 Å². The summed E-state index contributed by atoms with van der Waals surface area (Å²) < 4.78 is 1.41. The molecule has 3 aromatic carbocycles. The van der Waals surface area contributed by atoms with Crippen molar-refractivity contribution in [2.45, 2.75) is 0 Å². The summed E-state index contributed by atoms with van der Waals surface area (Å²) >= 11 is 12.0. The molecule has 33 heavy (non-hydrogen) atoms. The lowest BCUT2D eigenvalue weighted by atomic mass is 10.2. The molecule has 0 spiro atoms. The number of rotatable bonds is 4. The van der Waals surface area contributed by atoms with Crippen molar-refractivity contribution in [3.05, 3.63) is 94.0 Å². The number of hydrogen-bond acceptors (Lipinski definition) is 5. The van der Waals surface area contributed by atoms with E-state index in [9.17, 15) is 4.79 Å². The smallest absolute Gasteiger partial charge is 0.261 e. The Kier molecular flexibility index (Phi) is 5.42. The van der Waals surface area contributed by atoms with Crippen LogP contribution in [0.4, 0.5) is 11.5 Å². The number of amides is 1. The topological polar surface area (TPSA) is 98.2 Å². The second-order valence-electron chi connectivity index (χ2n) is 7.22. The van der Waals surface area contributed by atoms with E-state index in [2.05, 4.69) is 20.4 Å². The summed E-state index contributed by atoms with van der Waals surface area (Å²) in [6, 6.07) is 21.4. The van der Waals surface area contributed by atoms with Gasteiger partial charge in [0.15, 0.2) is 5.65 Å². The summed E-state index contributed by atoms with van der Waals surface area (Å²) in [5.74, 6) is -0.314. The number of nitrogens with zero attached hydrogens (tertiary/aromatic N) is 4. The highest BCUT2D eigenvalue weighted by molar-refractivity contribution is 6.31. The summed E-state index contributed by atoms with van der Waals surface area (Å²) in [6.45, 7) is 0. The number of nitrogen functional groups attached to an aromatic ring is 1. The van der Waals surface area contributed by atoms with E-state index in [1.165, 1.54) is 4.68 Å². The summed E-state index contributed by atoms with van der Waals surface area (Å²) in [5, 5.41) is 8.46. The van der Waals surface area contributed by atoms with Gasteiger partial charge in [0.1, 0.15) is 16.9 Å². The number of nitrogens with one attached hydrogen (secondary N) is 1. The van der Waals surface area contributed by atoms with Gasteiger partial charge in [-0.25, -0.2) is 9.97 Å². The van der Waals surface area contributed by atoms with Gasteiger partial charge in [-0.15, -0.1) is 0 Å². The Hall–Kier alpha value is -3.94. The molecular weight excluding hydrogens is 459 g/mol. The normalized spacial score (nSPS) is 11.5. The molecule has 3 N–H and O–H groups in total. The third-order valence-corrected chi connectivity index (χ3v) is 5.46. The standard InChI is InChI=1S/C24H16Cl2N6O/c25-15-8-10-17(11-9-15)29-24(33)20-21-23(31-19-7-2-1-6-18(19)30-21)32(22(20)27)28-13-14-4-3-5-16(26)12-14/h1-13H,27H2,(H,29,33). The molecule has 2 heterocycles. The highest BCUT2D eigenvalue weighted by Crippen LogP contribution is 2.29. The SMILES string of the molecule is Nc1c(C(=O)Nc2ccc(Cl)cc2)c2nc3ccccc3nc2n1N=Cc1cccc(Cl)c1. The molecule has 0 aliphatic rings. The third-order valence-electron chi connectivity index (χ3n) is 4.97. The molecule has 0 saturated heterocycles. The molecule has 2 aromatic heterocycles. The Morgan fingerprint density at radius 1 is 0.939 bits per heavy atom. The minimum atomic E-state index is -0.430. The van der Waals surface area contributed by atoms with E-state index in [1.54, 1.807) is 42.6 Å². The van der Waals surface area contributed by atoms with Crippen LogP contribution >= 0.6 is 23.2 Å². The fourth-order valence-corrected chi connectivity index (χ4v) is 3.75. The number of anilines is 2. The van der Waals surface area contributed by atoms with Crippen LogP contribution in [0, 0.1) is 0 Å². The molecule has 9 heteroatoms. The van der Waals surface area contributed by atoms with Gasteiger partial charge in [-0.1, -0.05) is 47.5 Å². The minimum absolute atomic E-state index is 0.116. The first-order chi connectivity index (χ1) is 16.0. The molecule has 0 saturated carbocycles. The van der Waals surface area contributed by atoms with Gasteiger partial charge in [0.2, 0.25) is 0 Å². The van der Waals surface area contributed by atoms with Crippen LogP contribution in [0.3, 0.4) is 0 Å². The second kappa shape index (κ2) is 8.54. The van der Waals surface area contributed by atoms with E-state index < -0.39 is 5.91 Å². The maximum Gasteiger partial charge on any atom is 0.261 e. The van der Waals surface area contributed by atoms with Crippen molar-refractivity contribution in [3.8, 4) is 0 Å². The van der Waals surface area contributed by atoms with Gasteiger partial charge in [-0.3, -0.25) is 4.79 Å². The molecule has 0 radical (unpaired) electrons. The number of para-hydroxylation sites is 2. The average molecular weight is 475 g/mol. The molecule has 5 rings (SSSR count). The number of carbonyl (C=O) groups excluding carboxylic acids is 1. The Balaban J connectivity index is 1.66. The molecule has 1 amide bonds. The lowest BCUT2D eigenvalue weighted by Crippen LogP contribution is -2.14. The quantitative estimate of drug-likeness (QED) is 0.330. The fourth-order valence-electron chi connectivity index (χ4n) is 3.43. The van der Waals surface area contributed by atoms with Crippen molar-refractivity contribution in [1.29, 1.82) is 0 Å². The number of halogens is 2. The summed E-state index contributed by atoms with van der Waals surface area (Å²) in [5.41, 5.74) is 9.95. The molecule has 0 fully saturated rings. The Labute approximate surface area is 198 Å². The minimum Gasteiger partial charge on any atom is -0.383 e. The molecule has 0 aliphatic heterocycles. The molecule has 162 valence electrons. The van der Waals surface area contributed by atoms with E-state index in [-0.39, 0.29) is 11.4 Å². The first-order valence-electron chi connectivity index (χ1n) is 9.93. The predicted molar refractivity (Wildman–Crippen MR) is 133 cm³/mol. The zero-order chi connectivity index (χ0) is 22.9. The maximum absolute atomic E-state index is 13.2. The second-order valence-corrected chi connectivity index (χ2v) is 8.09. The van der Waals surface area contributed by atoms with Crippen LogP contribution in [0.25, 0.3) is 22.2 Å². The first kappa shape index (κ1) is 20.9. The summed E-state index contributed by atoms with van der Waals surface area (Å²) in [4.78, 5) is 22.6. The van der Waals surface area contributed by atoms with Crippen molar-refractivity contribution in [1.82, 2.24) is 14.6 Å². The largest absolute Gasteiger partial charge is 0.383 e. The lowest BCUT2D eigenvalue weighted by molar-refractivity contribution is 0.102. The Bertz CT molecular complexity index is 1540. The van der Waals surface area contributed by atoms with E-state index in [0.717, 1.165) is 5.56 Å². The molecule has 5 aromatic rings. The zero-order valence-electron chi connectivity index (χ0n) is 17.0. The van der Waals surface area contributed by atoms with Crippen molar-refractivity contribution in [2.75, 3.05) is 11.1 Å². The molecule has 0 bridgehead atoms. The Morgan fingerprint density at radius 3 is 2.39 bits per heavy atom. The summed E-state index contributed by atoms with van der Waals surface area (Å²) in [7, 11) is 0. The third kappa shape index (κ3) is 4.11. The van der Waals surface area contributed by atoms with Gasteiger partial charge in [0, 0.05) is 15.7 Å². The molecule has 7 nitrogen and oxygen atoms in total. The Morgan fingerprint density at radius 2 is 1.67 bits per heavy atom. The van der Waals surface area contributed by atoms with Crippen molar-refractivity contribution >= 4 is 69.0 Å². The van der Waals surface area contributed by atoms with Crippen LogP contribution in [0.1, 0.15) is 15.9 Å². The lowest BCUT2D eigenvalue weighted by Gasteiger charge is -2.05. The van der Waals surface area contributed by atoms with E-state index in [4.69, 9.17) is 28.9 Å². The number of fused-ring (bicyclic) bond motifs is 2. The number of benzene rings is 3. The van der Waals surface area contributed by atoms with Crippen LogP contribution in [-0.2, 0) is 0 Å². The van der Waals surface area contributed by atoms with Crippen LogP contribution < -0.4 is 11.1 Å². The van der Waals surface area contributed by atoms with Gasteiger partial charge >= 0.3 is 0 Å². The van der Waals surface area contributed by atoms with Crippen molar-refractivity contribution in [2.24, 2.45) is 5.10 Å². The van der Waals surface area contributed by atoms with E-state index >= 15 is 0 Å². The molecule has 0 aliphatic carbocycles. The maximum atomic E-state index is 13.2. The van der Waals surface area contributed by atoms with Gasteiger partial charge < -0.3 is 11.1 Å². The number of carbonyl (C=O) groups is 1. The zero-order valence-corrected chi connectivity index (χ0v) is 18.5. The number of aromatic nitrogens is 3. The van der Waals surface area contributed by atoms with Crippen LogP contribution in [0.15, 0.2) is 77.9 Å². The van der Waals surface area contributed by atoms with Gasteiger partial charge in [-0.2, -0.15) is 9.78 Å². The monoisotopic (exact) mass is 474 g/mol. The molecule has 0 atom stereocenters. The predicted octanol–water partition coefficient (Wildman–Crippen LogP) is 5.61. The van der Waals surface area contributed by atoms with Crippen LogP contribution in [-0.4, -0.2) is 26.8 Å². The average Bonchev–Trinajstić information content (AvgIpc) is 3.08. The van der Waals surface area contributed by atoms with Gasteiger partial charge in [0.05, 0.1) is 17.2 Å². The van der Waals surface area contributed by atoms with Crippen molar-refractivity contribution in [3.63, 3.8) is 0 Å². The van der Waals surface area contributed by atoms with Crippen LogP contribution in [0.5, 0.6) is 0 Å². The van der Waals surface area contributed by atoms with Gasteiger partial charge in [-0.05, 0) is 54.1 Å². The number of nitrogens with two attached hydrogens (primary N) is 1. The van der Waals surface area contributed by atoms with Gasteiger partial charge in [0.25, 0.3) is 5.91 Å². The molecule has 0 unspecified atom stereocenters. The first-order valence-corrected chi connectivity index (χ1v) is 10.7. The highest BCUT2D eigenvalue weighted by Gasteiger charge is 2.24. The van der Waals surface area contributed by atoms with E-state index in [0.29, 0.717) is 37.9 Å². The molecular formula is C24H16Cl2N6O. The van der Waals surface area contributed by atoms with Crippen molar-refractivity contribution < 1.29 is 4.79 Å². The fraction of sp³-hybridized carbons (Fsp3) is 0. The highest BCUT2D eigenvalue weighted by atomic mass is 35.5. The van der Waals surface area contributed by atoms with E-state index in [1.807, 2.05) is 36.4 Å². The summed E-state index contributed by atoms with van der Waals surface area (Å²) in [6.07, 6.45) is 1.60.